The summed E-state index contributed by atoms with van der Waals surface area (Å²) in [6.07, 6.45) is 1.28. The van der Waals surface area contributed by atoms with Crippen molar-refractivity contribution in [2.75, 3.05) is 32.2 Å². The van der Waals surface area contributed by atoms with E-state index >= 15 is 0 Å². The fourth-order valence-electron chi connectivity index (χ4n) is 5.38. The maximum atomic E-state index is 13.9. The van der Waals surface area contributed by atoms with E-state index in [0.717, 1.165) is 18.4 Å². The second kappa shape index (κ2) is 7.99. The summed E-state index contributed by atoms with van der Waals surface area (Å²) in [4.78, 5) is 43.6. The number of hydrogen-bond acceptors (Lipinski definition) is 6. The molecule has 1 spiro atoms. The number of fused-ring (bicyclic) bond motifs is 2. The lowest BCUT2D eigenvalue weighted by Crippen LogP contribution is -2.53. The molecule has 3 heterocycles. The average molecular weight is 463 g/mol. The first-order valence-corrected chi connectivity index (χ1v) is 11.3. The third-order valence-corrected chi connectivity index (χ3v) is 7.02. The number of carbonyl (C=O) groups excluding carboxylic acids is 3. The van der Waals surface area contributed by atoms with Gasteiger partial charge in [0.05, 0.1) is 18.8 Å². The Hall–Kier alpha value is -3.65. The van der Waals surface area contributed by atoms with Gasteiger partial charge in [0.25, 0.3) is 17.6 Å². The first-order chi connectivity index (χ1) is 16.3. The smallest absolute Gasteiger partial charge is 0.296 e. The van der Waals surface area contributed by atoms with Gasteiger partial charge in [-0.3, -0.25) is 14.4 Å². The van der Waals surface area contributed by atoms with Gasteiger partial charge in [-0.25, -0.2) is 0 Å². The summed E-state index contributed by atoms with van der Waals surface area (Å²) in [6, 6.07) is 12.0. The van der Waals surface area contributed by atoms with Crippen molar-refractivity contribution in [1.82, 2.24) is 4.90 Å². The van der Waals surface area contributed by atoms with E-state index in [2.05, 4.69) is 0 Å². The number of aliphatic hydroxyl groups is 1. The number of ketones is 1. The maximum absolute atomic E-state index is 13.9. The van der Waals surface area contributed by atoms with Gasteiger partial charge in [-0.15, -0.1) is 0 Å². The first-order valence-electron chi connectivity index (χ1n) is 11.3. The zero-order valence-electron chi connectivity index (χ0n) is 19.3. The molecule has 8 nitrogen and oxygen atoms in total. The number of benzene rings is 2. The Balaban J connectivity index is 1.78. The van der Waals surface area contributed by atoms with Crippen molar-refractivity contribution in [3.05, 3.63) is 64.7 Å². The maximum Gasteiger partial charge on any atom is 0.296 e. The zero-order valence-corrected chi connectivity index (χ0v) is 19.3. The first kappa shape index (κ1) is 22.2. The summed E-state index contributed by atoms with van der Waals surface area (Å²) >= 11 is 0. The fourth-order valence-corrected chi connectivity index (χ4v) is 5.38. The van der Waals surface area contributed by atoms with Gasteiger partial charge in [-0.2, -0.15) is 0 Å². The van der Waals surface area contributed by atoms with Crippen LogP contribution in [0.1, 0.15) is 29.5 Å². The predicted octanol–water partition coefficient (Wildman–Crippen LogP) is 2.73. The molecule has 3 aliphatic heterocycles. The number of anilines is 1. The van der Waals surface area contributed by atoms with E-state index in [0.29, 0.717) is 29.2 Å². The fraction of sp³-hybridized carbons (Fsp3) is 0.346. The molecule has 2 aromatic carbocycles. The molecule has 2 fully saturated rings. The number of aliphatic hydroxyl groups excluding tert-OH is 1. The van der Waals surface area contributed by atoms with Crippen LogP contribution in [0.4, 0.5) is 5.69 Å². The van der Waals surface area contributed by atoms with Crippen molar-refractivity contribution in [2.24, 2.45) is 0 Å². The molecule has 2 amide bonds. The zero-order chi connectivity index (χ0) is 24.2. The highest BCUT2D eigenvalue weighted by atomic mass is 16.5. The number of Topliss-reactive ketones (excluding diaryl/α,β-unsaturated/α-hetero) is 1. The molecule has 176 valence electrons. The Bertz CT molecular complexity index is 1250. The van der Waals surface area contributed by atoms with E-state index in [4.69, 9.17) is 9.47 Å². The summed E-state index contributed by atoms with van der Waals surface area (Å²) in [7, 11) is 3.15. The van der Waals surface area contributed by atoms with Crippen molar-refractivity contribution < 1.29 is 29.0 Å². The SMILES string of the molecule is COc1ccc(C(O)=C2C(=O)C(=O)N(C[C@@H]3CCCO3)[C@@]23C(=O)N(C)c2ccccc23)cc1C. The molecule has 34 heavy (non-hydrogen) atoms. The monoisotopic (exact) mass is 462 g/mol. The van der Waals surface area contributed by atoms with Crippen LogP contribution in [0.15, 0.2) is 48.0 Å². The molecule has 2 atom stereocenters. The Morgan fingerprint density at radius 1 is 1.21 bits per heavy atom. The van der Waals surface area contributed by atoms with Crippen molar-refractivity contribution >= 4 is 29.0 Å². The number of aryl methyl sites for hydroxylation is 1. The van der Waals surface area contributed by atoms with Gasteiger partial charge >= 0.3 is 0 Å². The molecule has 5 rings (SSSR count). The molecule has 2 aromatic rings. The van der Waals surface area contributed by atoms with E-state index in [-0.39, 0.29) is 18.2 Å². The van der Waals surface area contributed by atoms with E-state index in [1.165, 1.54) is 9.80 Å². The van der Waals surface area contributed by atoms with Crippen LogP contribution in [0.2, 0.25) is 0 Å². The van der Waals surface area contributed by atoms with Crippen LogP contribution in [-0.2, 0) is 24.7 Å². The van der Waals surface area contributed by atoms with E-state index < -0.39 is 28.9 Å². The topological polar surface area (TPSA) is 96.4 Å². The largest absolute Gasteiger partial charge is 0.507 e. The second-order valence-corrected chi connectivity index (χ2v) is 8.88. The quantitative estimate of drug-likeness (QED) is 0.426. The highest BCUT2D eigenvalue weighted by Gasteiger charge is 2.67. The summed E-state index contributed by atoms with van der Waals surface area (Å²) < 4.78 is 11.1. The molecule has 0 aliphatic carbocycles. The normalized spacial score (nSPS) is 25.5. The van der Waals surface area contributed by atoms with E-state index in [1.807, 2.05) is 6.92 Å². The number of rotatable bonds is 4. The molecule has 3 aliphatic rings. The summed E-state index contributed by atoms with van der Waals surface area (Å²) in [5.41, 5.74) is 0.164. The Labute approximate surface area is 197 Å². The van der Waals surface area contributed by atoms with Gasteiger partial charge in [0.15, 0.2) is 5.54 Å². The number of ether oxygens (including phenoxy) is 2. The van der Waals surface area contributed by atoms with Crippen LogP contribution < -0.4 is 9.64 Å². The standard InChI is InChI=1S/C26H26N2O6/c1-15-13-16(10-11-20(15)33-3)22(29)21-23(30)24(31)28(14-17-7-6-12-34-17)26(21)18-8-4-5-9-19(18)27(2)25(26)32/h4-5,8-11,13,17,29H,6-7,12,14H2,1-3H3/t17-,26+/m0/s1. The lowest BCUT2D eigenvalue weighted by atomic mass is 9.81. The molecule has 0 aromatic heterocycles. The number of methoxy groups -OCH3 is 1. The minimum atomic E-state index is -1.76. The molecule has 2 saturated heterocycles. The molecule has 0 saturated carbocycles. The van der Waals surface area contributed by atoms with Crippen LogP contribution in [0.3, 0.4) is 0 Å². The molecular formula is C26H26N2O6. The Kier molecular flexibility index (Phi) is 5.20. The minimum Gasteiger partial charge on any atom is -0.507 e. The third kappa shape index (κ3) is 2.91. The minimum absolute atomic E-state index is 0.0803. The van der Waals surface area contributed by atoms with Gasteiger partial charge in [0, 0.05) is 37.0 Å². The lowest BCUT2D eigenvalue weighted by Gasteiger charge is -2.35. The van der Waals surface area contributed by atoms with Crippen LogP contribution in [0.25, 0.3) is 5.76 Å². The Morgan fingerprint density at radius 3 is 2.65 bits per heavy atom. The lowest BCUT2D eigenvalue weighted by molar-refractivity contribution is -0.145. The molecule has 1 N–H and O–H groups in total. The van der Waals surface area contributed by atoms with Gasteiger partial charge < -0.3 is 24.4 Å². The number of likely N-dealkylation sites (tertiary alicyclic amines) is 1. The number of hydrogen-bond donors (Lipinski definition) is 1. The average Bonchev–Trinajstić information content (AvgIpc) is 3.49. The van der Waals surface area contributed by atoms with Crippen molar-refractivity contribution in [1.29, 1.82) is 0 Å². The third-order valence-electron chi connectivity index (χ3n) is 7.02. The highest BCUT2D eigenvalue weighted by Crippen LogP contribution is 2.53. The number of nitrogens with zero attached hydrogens (tertiary/aromatic N) is 2. The van der Waals surface area contributed by atoms with Crippen LogP contribution >= 0.6 is 0 Å². The molecule has 8 heteroatoms. The van der Waals surface area contributed by atoms with Gasteiger partial charge in [-0.1, -0.05) is 18.2 Å². The van der Waals surface area contributed by atoms with Crippen molar-refractivity contribution in [3.63, 3.8) is 0 Å². The van der Waals surface area contributed by atoms with Gasteiger partial charge in [0.1, 0.15) is 11.5 Å². The molecule has 0 unspecified atom stereocenters. The number of carbonyl (C=O) groups is 3. The summed E-state index contributed by atoms with van der Waals surface area (Å²) in [5.74, 6) is -1.94. The van der Waals surface area contributed by atoms with E-state index in [9.17, 15) is 19.5 Å². The van der Waals surface area contributed by atoms with Gasteiger partial charge in [0.2, 0.25) is 0 Å². The van der Waals surface area contributed by atoms with Crippen molar-refractivity contribution in [2.45, 2.75) is 31.4 Å². The molecular weight excluding hydrogens is 436 g/mol. The molecule has 0 bridgehead atoms. The van der Waals surface area contributed by atoms with Crippen LogP contribution in [-0.4, -0.2) is 61.0 Å². The van der Waals surface area contributed by atoms with Gasteiger partial charge in [-0.05, 0) is 49.6 Å². The highest BCUT2D eigenvalue weighted by molar-refractivity contribution is 6.50. The number of likely N-dealkylation sites (N-methyl/N-ethyl adjacent to an activating group) is 1. The molecule has 0 radical (unpaired) electrons. The summed E-state index contributed by atoms with van der Waals surface area (Å²) in [5, 5.41) is 11.5. The van der Waals surface area contributed by atoms with Crippen LogP contribution in [0.5, 0.6) is 5.75 Å². The predicted molar refractivity (Wildman–Crippen MR) is 125 cm³/mol. The number of amides is 2. The second-order valence-electron chi connectivity index (χ2n) is 8.88. The number of para-hydroxylation sites is 1. The summed E-state index contributed by atoms with van der Waals surface area (Å²) in [6.45, 7) is 2.46. The van der Waals surface area contributed by atoms with Crippen LogP contribution in [0, 0.1) is 6.92 Å². The Morgan fingerprint density at radius 2 is 1.97 bits per heavy atom. The van der Waals surface area contributed by atoms with E-state index in [1.54, 1.807) is 56.6 Å². The van der Waals surface area contributed by atoms with Crippen molar-refractivity contribution in [3.8, 4) is 5.75 Å².